The van der Waals surface area contributed by atoms with Crippen molar-refractivity contribution in [3.05, 3.63) is 0 Å². The summed E-state index contributed by atoms with van der Waals surface area (Å²) in [5.41, 5.74) is 5.57. The van der Waals surface area contributed by atoms with Crippen LogP contribution >= 0.6 is 0 Å². The summed E-state index contributed by atoms with van der Waals surface area (Å²) in [6.07, 6.45) is -0.0724. The fourth-order valence-electron chi connectivity index (χ4n) is 1.71. The first kappa shape index (κ1) is 8.41. The average Bonchev–Trinajstić information content (AvgIpc) is 1.93. The van der Waals surface area contributed by atoms with Crippen molar-refractivity contribution in [3.63, 3.8) is 0 Å². The number of ether oxygens (including phenoxy) is 1. The van der Waals surface area contributed by atoms with E-state index in [9.17, 15) is 4.39 Å². The first-order valence-electron chi connectivity index (χ1n) is 4.49. The van der Waals surface area contributed by atoms with E-state index in [1.807, 2.05) is 0 Å². The van der Waals surface area contributed by atoms with Gasteiger partial charge in [-0.1, -0.05) is 0 Å². The summed E-state index contributed by atoms with van der Waals surface area (Å²) in [7, 11) is 0. The van der Waals surface area contributed by atoms with Crippen LogP contribution in [0.25, 0.3) is 0 Å². The van der Waals surface area contributed by atoms with Gasteiger partial charge in [0.25, 0.3) is 0 Å². The van der Waals surface area contributed by atoms with Crippen LogP contribution in [-0.4, -0.2) is 49.5 Å². The number of alkyl halides is 1. The van der Waals surface area contributed by atoms with Gasteiger partial charge in [0.15, 0.2) is 0 Å². The van der Waals surface area contributed by atoms with Crippen molar-refractivity contribution in [2.24, 2.45) is 5.73 Å². The van der Waals surface area contributed by atoms with E-state index in [1.54, 1.807) is 0 Å². The smallest absolute Gasteiger partial charge is 0.128 e. The highest BCUT2D eigenvalue weighted by atomic mass is 19.1. The number of rotatable bonds is 1. The molecule has 2 unspecified atom stereocenters. The Kier molecular flexibility index (Phi) is 2.30. The summed E-state index contributed by atoms with van der Waals surface area (Å²) in [5.74, 6) is 0. The van der Waals surface area contributed by atoms with Crippen LogP contribution in [0.4, 0.5) is 4.39 Å². The van der Waals surface area contributed by atoms with E-state index < -0.39 is 6.17 Å². The van der Waals surface area contributed by atoms with Crippen LogP contribution in [-0.2, 0) is 4.74 Å². The van der Waals surface area contributed by atoms with Crippen molar-refractivity contribution in [2.75, 3.05) is 26.3 Å². The maximum absolute atomic E-state index is 13.1. The van der Waals surface area contributed by atoms with E-state index >= 15 is 0 Å². The lowest BCUT2D eigenvalue weighted by molar-refractivity contribution is -0.0802. The molecule has 4 heteroatoms. The zero-order valence-corrected chi connectivity index (χ0v) is 7.08. The highest BCUT2D eigenvalue weighted by molar-refractivity contribution is 4.88. The van der Waals surface area contributed by atoms with Crippen molar-refractivity contribution in [3.8, 4) is 0 Å². The van der Waals surface area contributed by atoms with Crippen LogP contribution in [0.1, 0.15) is 6.42 Å². The van der Waals surface area contributed by atoms with Gasteiger partial charge >= 0.3 is 0 Å². The van der Waals surface area contributed by atoms with Crippen molar-refractivity contribution >= 4 is 0 Å². The molecule has 3 nitrogen and oxygen atoms in total. The molecule has 0 spiro atoms. The third kappa shape index (κ3) is 1.46. The molecule has 2 heterocycles. The maximum atomic E-state index is 13.1. The normalized spacial score (nSPS) is 39.5. The van der Waals surface area contributed by atoms with Crippen molar-refractivity contribution in [2.45, 2.75) is 24.7 Å². The highest BCUT2D eigenvalue weighted by Gasteiger charge is 2.33. The molecule has 2 saturated heterocycles. The summed E-state index contributed by atoms with van der Waals surface area (Å²) in [4.78, 5) is 2.15. The number of nitrogens with two attached hydrogens (primary N) is 1. The van der Waals surface area contributed by atoms with Crippen molar-refractivity contribution in [1.82, 2.24) is 4.90 Å². The van der Waals surface area contributed by atoms with Gasteiger partial charge in [-0.3, -0.25) is 4.90 Å². The Labute approximate surface area is 71.7 Å². The molecule has 2 fully saturated rings. The second-order valence-corrected chi connectivity index (χ2v) is 3.65. The third-order valence-corrected chi connectivity index (χ3v) is 2.76. The van der Waals surface area contributed by atoms with E-state index in [-0.39, 0.29) is 6.04 Å². The average molecular weight is 174 g/mol. The number of halogens is 1. The fourth-order valence-corrected chi connectivity index (χ4v) is 1.71. The van der Waals surface area contributed by atoms with Gasteiger partial charge in [0.05, 0.1) is 19.3 Å². The van der Waals surface area contributed by atoms with Crippen molar-refractivity contribution in [1.29, 1.82) is 0 Å². The highest BCUT2D eigenvalue weighted by Crippen LogP contribution is 2.18. The Morgan fingerprint density at radius 3 is 2.67 bits per heavy atom. The zero-order valence-electron chi connectivity index (χ0n) is 7.08. The lowest BCUT2D eigenvalue weighted by Crippen LogP contribution is -2.57. The summed E-state index contributed by atoms with van der Waals surface area (Å²) in [6, 6.07) is 0.206. The van der Waals surface area contributed by atoms with Gasteiger partial charge < -0.3 is 10.5 Å². The first-order valence-corrected chi connectivity index (χ1v) is 4.49. The summed E-state index contributed by atoms with van der Waals surface area (Å²) in [6.45, 7) is 2.95. The standard InChI is InChI=1S/C8H15FN2O/c9-7-3-11(2-1-8(7)10)6-4-12-5-6/h6-8H,1-5,10H2. The predicted octanol–water partition coefficient (Wildman–Crippen LogP) is -0.244. The Morgan fingerprint density at radius 2 is 2.17 bits per heavy atom. The molecule has 0 bridgehead atoms. The molecule has 2 N–H and O–H groups in total. The summed E-state index contributed by atoms with van der Waals surface area (Å²) >= 11 is 0. The zero-order chi connectivity index (χ0) is 8.55. The largest absolute Gasteiger partial charge is 0.378 e. The molecule has 12 heavy (non-hydrogen) atoms. The molecule has 0 aliphatic carbocycles. The van der Waals surface area contributed by atoms with Gasteiger partial charge in [0, 0.05) is 19.1 Å². The lowest BCUT2D eigenvalue weighted by Gasteiger charge is -2.41. The van der Waals surface area contributed by atoms with Gasteiger partial charge in [-0.2, -0.15) is 0 Å². The first-order chi connectivity index (χ1) is 5.77. The van der Waals surface area contributed by atoms with E-state index in [0.29, 0.717) is 12.6 Å². The molecular formula is C8H15FN2O. The minimum absolute atomic E-state index is 0.248. The Balaban J connectivity index is 1.84. The molecule has 2 atom stereocenters. The molecule has 0 saturated carbocycles. The predicted molar refractivity (Wildman–Crippen MR) is 43.7 cm³/mol. The lowest BCUT2D eigenvalue weighted by atomic mass is 10.0. The van der Waals surface area contributed by atoms with Crippen LogP contribution < -0.4 is 5.73 Å². The molecule has 0 aromatic heterocycles. The van der Waals surface area contributed by atoms with Crippen LogP contribution in [0.2, 0.25) is 0 Å². The Hall–Kier alpha value is -0.190. The molecular weight excluding hydrogens is 159 g/mol. The Morgan fingerprint density at radius 1 is 1.42 bits per heavy atom. The van der Waals surface area contributed by atoms with E-state index in [0.717, 1.165) is 26.2 Å². The molecule has 2 rings (SSSR count). The molecule has 0 amide bonds. The Bertz CT molecular complexity index is 163. The van der Waals surface area contributed by atoms with E-state index in [1.165, 1.54) is 0 Å². The number of piperidine rings is 1. The molecule has 2 aliphatic rings. The van der Waals surface area contributed by atoms with Gasteiger partial charge in [-0.05, 0) is 6.42 Å². The number of hydrogen-bond acceptors (Lipinski definition) is 3. The number of nitrogens with zero attached hydrogens (tertiary/aromatic N) is 1. The minimum Gasteiger partial charge on any atom is -0.378 e. The molecule has 0 aromatic carbocycles. The number of hydrogen-bond donors (Lipinski definition) is 1. The van der Waals surface area contributed by atoms with Crippen LogP contribution in [0, 0.1) is 0 Å². The second kappa shape index (κ2) is 3.28. The van der Waals surface area contributed by atoms with E-state index in [4.69, 9.17) is 10.5 Å². The summed E-state index contributed by atoms with van der Waals surface area (Å²) in [5, 5.41) is 0. The molecule has 0 radical (unpaired) electrons. The fraction of sp³-hybridized carbons (Fsp3) is 1.00. The third-order valence-electron chi connectivity index (χ3n) is 2.76. The van der Waals surface area contributed by atoms with Gasteiger partial charge in [0.2, 0.25) is 0 Å². The minimum atomic E-state index is -0.848. The van der Waals surface area contributed by atoms with Gasteiger partial charge in [0.1, 0.15) is 6.17 Å². The molecule has 2 aliphatic heterocycles. The van der Waals surface area contributed by atoms with Gasteiger partial charge in [-0.25, -0.2) is 4.39 Å². The molecule has 0 aromatic rings. The second-order valence-electron chi connectivity index (χ2n) is 3.65. The van der Waals surface area contributed by atoms with Crippen LogP contribution in [0.5, 0.6) is 0 Å². The molecule has 70 valence electrons. The SMILES string of the molecule is NC1CCN(C2COC2)CC1F. The van der Waals surface area contributed by atoms with Crippen LogP contribution in [0.15, 0.2) is 0 Å². The number of likely N-dealkylation sites (tertiary alicyclic amines) is 1. The van der Waals surface area contributed by atoms with Gasteiger partial charge in [-0.15, -0.1) is 0 Å². The topological polar surface area (TPSA) is 38.5 Å². The van der Waals surface area contributed by atoms with Crippen molar-refractivity contribution < 1.29 is 9.13 Å². The summed E-state index contributed by atoms with van der Waals surface area (Å²) < 4.78 is 18.2. The monoisotopic (exact) mass is 174 g/mol. The van der Waals surface area contributed by atoms with E-state index in [2.05, 4.69) is 4.90 Å². The maximum Gasteiger partial charge on any atom is 0.128 e. The van der Waals surface area contributed by atoms with Crippen LogP contribution in [0.3, 0.4) is 0 Å². The quantitative estimate of drug-likeness (QED) is 0.596.